The van der Waals surface area contributed by atoms with Crippen LogP contribution < -0.4 is 19.7 Å². The number of piperidine rings is 1. The Labute approximate surface area is 217 Å². The van der Waals surface area contributed by atoms with Crippen molar-refractivity contribution in [2.75, 3.05) is 31.6 Å². The van der Waals surface area contributed by atoms with E-state index in [4.69, 9.17) is 16.3 Å². The second-order valence-electron chi connectivity index (χ2n) is 8.71. The topological polar surface area (TPSA) is 87.7 Å². The molecule has 0 radical (unpaired) electrons. The van der Waals surface area contributed by atoms with Crippen molar-refractivity contribution in [2.45, 2.75) is 30.2 Å². The van der Waals surface area contributed by atoms with E-state index in [9.17, 15) is 13.2 Å². The van der Waals surface area contributed by atoms with Gasteiger partial charge in [-0.25, -0.2) is 13.1 Å². The van der Waals surface area contributed by atoms with Crippen molar-refractivity contribution in [3.8, 4) is 5.75 Å². The fraction of sp³-hybridized carbons (Fsp3) is 0.296. The molecule has 190 valence electrons. The van der Waals surface area contributed by atoms with Gasteiger partial charge in [-0.2, -0.15) is 0 Å². The van der Waals surface area contributed by atoms with Crippen molar-refractivity contribution >= 4 is 33.2 Å². The van der Waals surface area contributed by atoms with Crippen molar-refractivity contribution in [3.63, 3.8) is 0 Å². The first kappa shape index (κ1) is 26.0. The average Bonchev–Trinajstić information content (AvgIpc) is 2.89. The summed E-state index contributed by atoms with van der Waals surface area (Å²) in [7, 11) is -1.98. The third-order valence-corrected chi connectivity index (χ3v) is 8.08. The second kappa shape index (κ2) is 11.8. The van der Waals surface area contributed by atoms with Crippen molar-refractivity contribution in [1.82, 2.24) is 10.0 Å². The Morgan fingerprint density at radius 2 is 1.67 bits per heavy atom. The zero-order chi connectivity index (χ0) is 25.5. The number of amides is 1. The summed E-state index contributed by atoms with van der Waals surface area (Å²) in [5.41, 5.74) is 2.60. The number of nitrogens with zero attached hydrogens (tertiary/aromatic N) is 1. The Hall–Kier alpha value is -3.07. The first-order valence-electron chi connectivity index (χ1n) is 11.9. The Balaban J connectivity index is 1.32. The number of methoxy groups -OCH3 is 1. The number of ether oxygens (including phenoxy) is 1. The van der Waals surface area contributed by atoms with Crippen LogP contribution in [0.15, 0.2) is 77.7 Å². The number of nitrogens with one attached hydrogen (secondary N) is 2. The van der Waals surface area contributed by atoms with Crippen molar-refractivity contribution in [3.05, 3.63) is 88.9 Å². The lowest BCUT2D eigenvalue weighted by Gasteiger charge is -2.34. The van der Waals surface area contributed by atoms with E-state index in [2.05, 4.69) is 14.9 Å². The maximum Gasteiger partial charge on any atom is 0.253 e. The Morgan fingerprint density at radius 1 is 1.00 bits per heavy atom. The minimum atomic E-state index is -3.62. The third-order valence-electron chi connectivity index (χ3n) is 6.29. The van der Waals surface area contributed by atoms with Crippen LogP contribution in [-0.2, 0) is 16.4 Å². The van der Waals surface area contributed by atoms with Gasteiger partial charge in [-0.3, -0.25) is 4.79 Å². The molecule has 0 aliphatic carbocycles. The van der Waals surface area contributed by atoms with Gasteiger partial charge < -0.3 is 15.0 Å². The molecule has 1 heterocycles. The fourth-order valence-electron chi connectivity index (χ4n) is 4.29. The van der Waals surface area contributed by atoms with Crippen LogP contribution in [0, 0.1) is 0 Å². The molecule has 0 spiro atoms. The number of rotatable bonds is 9. The molecule has 3 aromatic rings. The highest BCUT2D eigenvalue weighted by atomic mass is 35.5. The van der Waals surface area contributed by atoms with Gasteiger partial charge in [0, 0.05) is 36.4 Å². The minimum Gasteiger partial charge on any atom is -0.497 e. The van der Waals surface area contributed by atoms with E-state index in [1.54, 1.807) is 19.2 Å². The van der Waals surface area contributed by atoms with E-state index < -0.39 is 10.0 Å². The van der Waals surface area contributed by atoms with E-state index in [1.165, 1.54) is 12.1 Å². The molecule has 9 heteroatoms. The molecule has 0 saturated carbocycles. The molecule has 3 aromatic carbocycles. The van der Waals surface area contributed by atoms with Gasteiger partial charge >= 0.3 is 0 Å². The molecule has 1 saturated heterocycles. The summed E-state index contributed by atoms with van der Waals surface area (Å²) in [6.07, 6.45) is 2.00. The summed E-state index contributed by atoms with van der Waals surface area (Å²) in [5.74, 6) is 0.683. The van der Waals surface area contributed by atoms with Crippen LogP contribution in [-0.4, -0.2) is 47.1 Å². The molecule has 1 fully saturated rings. The number of carbonyl (C=O) groups excluding carboxylic acids is 1. The first-order valence-corrected chi connectivity index (χ1v) is 13.7. The predicted octanol–water partition coefficient (Wildman–Crippen LogP) is 4.27. The summed E-state index contributed by atoms with van der Waals surface area (Å²) in [6, 6.07) is 21.3. The number of para-hydroxylation sites is 1. The highest BCUT2D eigenvalue weighted by Gasteiger charge is 2.26. The van der Waals surface area contributed by atoms with Crippen LogP contribution >= 0.6 is 11.6 Å². The molecular formula is C27H30ClN3O4S. The van der Waals surface area contributed by atoms with E-state index in [1.807, 2.05) is 48.5 Å². The first-order chi connectivity index (χ1) is 17.4. The smallest absolute Gasteiger partial charge is 0.253 e. The average molecular weight is 528 g/mol. The van der Waals surface area contributed by atoms with Crippen LogP contribution in [0.4, 0.5) is 5.69 Å². The molecule has 36 heavy (non-hydrogen) atoms. The summed E-state index contributed by atoms with van der Waals surface area (Å²) in [5, 5.41) is 3.51. The monoisotopic (exact) mass is 527 g/mol. The molecule has 4 rings (SSSR count). The lowest BCUT2D eigenvalue weighted by molar-refractivity contribution is 0.0954. The third kappa shape index (κ3) is 6.57. The summed E-state index contributed by atoms with van der Waals surface area (Å²) >= 11 is 5.88. The molecular weight excluding hydrogens is 498 g/mol. The molecule has 1 aliphatic rings. The van der Waals surface area contributed by atoms with Crippen LogP contribution in [0.2, 0.25) is 5.02 Å². The lowest BCUT2D eigenvalue weighted by Crippen LogP contribution is -2.45. The van der Waals surface area contributed by atoms with Gasteiger partial charge in [-0.1, -0.05) is 35.9 Å². The molecule has 0 atom stereocenters. The van der Waals surface area contributed by atoms with Gasteiger partial charge in [0.2, 0.25) is 10.0 Å². The van der Waals surface area contributed by atoms with E-state index >= 15 is 0 Å². The Morgan fingerprint density at radius 3 is 2.33 bits per heavy atom. The fourth-order valence-corrected chi connectivity index (χ4v) is 5.72. The lowest BCUT2D eigenvalue weighted by atomic mass is 10.0. The number of halogens is 1. The molecule has 0 unspecified atom stereocenters. The molecule has 7 nitrogen and oxygen atoms in total. The molecule has 0 aromatic heterocycles. The minimum absolute atomic E-state index is 0.121. The SMILES string of the molecule is COc1ccc(CCNC(=O)c2ccccc2N2CCC(NS(=O)(=O)c3ccc(Cl)cc3)CC2)cc1. The van der Waals surface area contributed by atoms with Crippen molar-refractivity contribution < 1.29 is 17.9 Å². The number of benzene rings is 3. The predicted molar refractivity (Wildman–Crippen MR) is 142 cm³/mol. The molecule has 1 amide bonds. The van der Waals surface area contributed by atoms with Crippen molar-refractivity contribution in [2.24, 2.45) is 0 Å². The van der Waals surface area contributed by atoms with Gasteiger partial charge in [0.05, 0.1) is 17.6 Å². The van der Waals surface area contributed by atoms with Gasteiger partial charge in [-0.05, 0) is 73.4 Å². The number of anilines is 1. The maximum absolute atomic E-state index is 13.0. The quantitative estimate of drug-likeness (QED) is 0.434. The number of hydrogen-bond donors (Lipinski definition) is 2. The van der Waals surface area contributed by atoms with Crippen LogP contribution in [0.5, 0.6) is 5.75 Å². The van der Waals surface area contributed by atoms with Gasteiger partial charge in [0.25, 0.3) is 5.91 Å². The zero-order valence-electron chi connectivity index (χ0n) is 20.1. The number of sulfonamides is 1. The largest absolute Gasteiger partial charge is 0.497 e. The van der Waals surface area contributed by atoms with E-state index in [0.29, 0.717) is 43.1 Å². The summed E-state index contributed by atoms with van der Waals surface area (Å²) in [6.45, 7) is 1.81. The summed E-state index contributed by atoms with van der Waals surface area (Å²) < 4.78 is 33.4. The Bertz CT molecular complexity index is 1270. The standard InChI is InChI=1S/C27H30ClN3O4S/c1-35-23-10-6-20(7-11-23)14-17-29-27(32)25-4-2-3-5-26(25)31-18-15-22(16-19-31)30-36(33,34)24-12-8-21(28)9-13-24/h2-13,22,30H,14-19H2,1H3,(H,29,32). The van der Waals surface area contributed by atoms with Crippen LogP contribution in [0.25, 0.3) is 0 Å². The van der Waals surface area contributed by atoms with Gasteiger partial charge in [0.1, 0.15) is 5.75 Å². The van der Waals surface area contributed by atoms with Gasteiger partial charge in [-0.15, -0.1) is 0 Å². The second-order valence-corrected chi connectivity index (χ2v) is 10.9. The van der Waals surface area contributed by atoms with E-state index in [0.717, 1.165) is 23.4 Å². The zero-order valence-corrected chi connectivity index (χ0v) is 21.7. The van der Waals surface area contributed by atoms with Crippen molar-refractivity contribution in [1.29, 1.82) is 0 Å². The summed E-state index contributed by atoms with van der Waals surface area (Å²) in [4.78, 5) is 15.3. The number of hydrogen-bond acceptors (Lipinski definition) is 5. The van der Waals surface area contributed by atoms with E-state index in [-0.39, 0.29) is 16.8 Å². The maximum atomic E-state index is 13.0. The Kier molecular flexibility index (Phi) is 8.51. The number of carbonyl (C=O) groups is 1. The van der Waals surface area contributed by atoms with Gasteiger partial charge in [0.15, 0.2) is 0 Å². The highest BCUT2D eigenvalue weighted by molar-refractivity contribution is 7.89. The normalized spacial score (nSPS) is 14.4. The molecule has 1 aliphatic heterocycles. The molecule has 0 bridgehead atoms. The van der Waals surface area contributed by atoms with Crippen LogP contribution in [0.1, 0.15) is 28.8 Å². The molecule has 2 N–H and O–H groups in total. The van der Waals surface area contributed by atoms with Crippen LogP contribution in [0.3, 0.4) is 0 Å². The highest BCUT2D eigenvalue weighted by Crippen LogP contribution is 2.25.